The Morgan fingerprint density at radius 2 is 1.96 bits per heavy atom. The highest BCUT2D eigenvalue weighted by molar-refractivity contribution is 7.18. The van der Waals surface area contributed by atoms with Gasteiger partial charge in [-0.3, -0.25) is 4.79 Å². The van der Waals surface area contributed by atoms with Crippen molar-refractivity contribution in [2.45, 2.75) is 0 Å². The number of piperazine rings is 1. The van der Waals surface area contributed by atoms with E-state index in [0.717, 1.165) is 0 Å². The highest BCUT2D eigenvalue weighted by Crippen LogP contribution is 2.21. The Kier molecular flexibility index (Phi) is 3.41. The van der Waals surface area contributed by atoms with Crippen molar-refractivity contribution < 1.29 is 9.18 Å². The SMILES string of the molecule is O=C(c1nn2cnnc2s1)N1CCN(c2ccccc2F)CC1. The third-order valence-corrected chi connectivity index (χ3v) is 4.73. The third-order valence-electron chi connectivity index (χ3n) is 3.83. The van der Waals surface area contributed by atoms with Gasteiger partial charge in [-0.1, -0.05) is 23.5 Å². The molecule has 3 aromatic rings. The van der Waals surface area contributed by atoms with E-state index in [1.807, 2.05) is 11.0 Å². The predicted molar refractivity (Wildman–Crippen MR) is 83.2 cm³/mol. The zero-order chi connectivity index (χ0) is 15.8. The predicted octanol–water partition coefficient (Wildman–Crippen LogP) is 1.29. The van der Waals surface area contributed by atoms with Gasteiger partial charge in [-0.2, -0.15) is 4.52 Å². The summed E-state index contributed by atoms with van der Waals surface area (Å²) < 4.78 is 15.3. The molecule has 0 saturated carbocycles. The lowest BCUT2D eigenvalue weighted by Crippen LogP contribution is -2.49. The standard InChI is InChI=1S/C14H13FN6OS/c15-10-3-1-2-4-11(10)19-5-7-20(8-6-19)13(22)12-18-21-9-16-17-14(21)23-12/h1-4,9H,5-8H2. The van der Waals surface area contributed by atoms with E-state index in [-0.39, 0.29) is 11.7 Å². The van der Waals surface area contributed by atoms with Crippen molar-refractivity contribution >= 4 is 27.9 Å². The first kappa shape index (κ1) is 14.1. The summed E-state index contributed by atoms with van der Waals surface area (Å²) >= 11 is 1.22. The normalized spacial score (nSPS) is 15.3. The number of rotatable bonds is 2. The van der Waals surface area contributed by atoms with Crippen molar-refractivity contribution in [1.82, 2.24) is 24.7 Å². The Morgan fingerprint density at radius 1 is 1.17 bits per heavy atom. The van der Waals surface area contributed by atoms with Gasteiger partial charge in [0.1, 0.15) is 12.1 Å². The van der Waals surface area contributed by atoms with Crippen LogP contribution in [0.1, 0.15) is 9.80 Å². The van der Waals surface area contributed by atoms with Gasteiger partial charge in [-0.05, 0) is 12.1 Å². The molecule has 2 aromatic heterocycles. The van der Waals surface area contributed by atoms with E-state index in [0.29, 0.717) is 41.8 Å². The quantitative estimate of drug-likeness (QED) is 0.707. The van der Waals surface area contributed by atoms with Crippen LogP contribution in [0.2, 0.25) is 0 Å². The first-order valence-corrected chi connectivity index (χ1v) is 7.99. The topological polar surface area (TPSA) is 66.6 Å². The molecule has 0 radical (unpaired) electrons. The van der Waals surface area contributed by atoms with Crippen LogP contribution in [0.3, 0.4) is 0 Å². The molecule has 1 fully saturated rings. The van der Waals surface area contributed by atoms with Crippen molar-refractivity contribution in [1.29, 1.82) is 0 Å². The molecule has 9 heteroatoms. The molecule has 1 aromatic carbocycles. The second kappa shape index (κ2) is 5.58. The molecule has 118 valence electrons. The van der Waals surface area contributed by atoms with Crippen molar-refractivity contribution in [3.8, 4) is 0 Å². The molecule has 7 nitrogen and oxygen atoms in total. The van der Waals surface area contributed by atoms with E-state index in [1.165, 1.54) is 28.2 Å². The van der Waals surface area contributed by atoms with Gasteiger partial charge in [-0.25, -0.2) is 4.39 Å². The number of fused-ring (bicyclic) bond motifs is 1. The number of benzene rings is 1. The van der Waals surface area contributed by atoms with E-state index in [2.05, 4.69) is 15.3 Å². The highest BCUT2D eigenvalue weighted by Gasteiger charge is 2.26. The minimum atomic E-state index is -0.235. The van der Waals surface area contributed by atoms with E-state index in [4.69, 9.17) is 0 Å². The van der Waals surface area contributed by atoms with Crippen LogP contribution in [0.25, 0.3) is 4.96 Å². The van der Waals surface area contributed by atoms with Gasteiger partial charge in [-0.15, -0.1) is 15.3 Å². The lowest BCUT2D eigenvalue weighted by molar-refractivity contribution is 0.0745. The second-order valence-corrected chi connectivity index (χ2v) is 6.15. The molecule has 23 heavy (non-hydrogen) atoms. The summed E-state index contributed by atoms with van der Waals surface area (Å²) in [7, 11) is 0. The van der Waals surface area contributed by atoms with Crippen molar-refractivity contribution in [2.75, 3.05) is 31.1 Å². The van der Waals surface area contributed by atoms with Gasteiger partial charge in [0.05, 0.1) is 5.69 Å². The van der Waals surface area contributed by atoms with Gasteiger partial charge < -0.3 is 9.80 Å². The summed E-state index contributed by atoms with van der Waals surface area (Å²) in [6.45, 7) is 2.26. The zero-order valence-corrected chi connectivity index (χ0v) is 12.9. The Hall–Kier alpha value is -2.55. The highest BCUT2D eigenvalue weighted by atomic mass is 32.1. The fourth-order valence-corrected chi connectivity index (χ4v) is 3.43. The summed E-state index contributed by atoms with van der Waals surface area (Å²) in [5, 5.41) is 12.2. The summed E-state index contributed by atoms with van der Waals surface area (Å²) in [4.78, 5) is 16.8. The van der Waals surface area contributed by atoms with Gasteiger partial charge in [0, 0.05) is 26.2 Å². The number of amides is 1. The van der Waals surface area contributed by atoms with Crippen LogP contribution in [0.5, 0.6) is 0 Å². The number of nitrogens with zero attached hydrogens (tertiary/aromatic N) is 6. The number of anilines is 1. The average molecular weight is 332 g/mol. The summed E-state index contributed by atoms with van der Waals surface area (Å²) in [5.74, 6) is -0.352. The van der Waals surface area contributed by atoms with Crippen LogP contribution < -0.4 is 4.90 Å². The largest absolute Gasteiger partial charge is 0.366 e. The third kappa shape index (κ3) is 2.52. The molecule has 0 bridgehead atoms. The molecule has 0 spiro atoms. The Balaban J connectivity index is 1.46. The lowest BCUT2D eigenvalue weighted by Gasteiger charge is -2.35. The molecule has 0 unspecified atom stereocenters. The van der Waals surface area contributed by atoms with Crippen molar-refractivity contribution in [3.63, 3.8) is 0 Å². The number of halogens is 1. The summed E-state index contributed by atoms with van der Waals surface area (Å²) in [6, 6.07) is 6.70. The number of hydrogen-bond acceptors (Lipinski definition) is 6. The number of para-hydroxylation sites is 1. The minimum Gasteiger partial charge on any atom is -0.366 e. The smallest absolute Gasteiger partial charge is 0.284 e. The molecular formula is C14H13FN6OS. The van der Waals surface area contributed by atoms with Gasteiger partial charge in [0.2, 0.25) is 9.97 Å². The molecular weight excluding hydrogens is 319 g/mol. The maximum atomic E-state index is 13.8. The summed E-state index contributed by atoms with van der Waals surface area (Å²) in [6.07, 6.45) is 1.47. The van der Waals surface area contributed by atoms with Gasteiger partial charge in [0.25, 0.3) is 5.91 Å². The van der Waals surface area contributed by atoms with Crippen LogP contribution in [0, 0.1) is 5.82 Å². The van der Waals surface area contributed by atoms with Gasteiger partial charge in [0.15, 0.2) is 0 Å². The van der Waals surface area contributed by atoms with Gasteiger partial charge >= 0.3 is 0 Å². The number of hydrogen-bond donors (Lipinski definition) is 0. The van der Waals surface area contributed by atoms with Crippen molar-refractivity contribution in [2.24, 2.45) is 0 Å². The maximum absolute atomic E-state index is 13.8. The average Bonchev–Trinajstić information content (AvgIpc) is 3.16. The molecule has 1 aliphatic heterocycles. The van der Waals surface area contributed by atoms with E-state index < -0.39 is 0 Å². The van der Waals surface area contributed by atoms with Crippen LogP contribution >= 0.6 is 11.3 Å². The molecule has 3 heterocycles. The van der Waals surface area contributed by atoms with E-state index >= 15 is 0 Å². The minimum absolute atomic E-state index is 0.117. The molecule has 0 atom stereocenters. The van der Waals surface area contributed by atoms with Crippen LogP contribution in [0.15, 0.2) is 30.6 Å². The summed E-state index contributed by atoms with van der Waals surface area (Å²) in [5.41, 5.74) is 0.582. The molecule has 1 amide bonds. The number of aromatic nitrogens is 4. The van der Waals surface area contributed by atoms with E-state index in [1.54, 1.807) is 17.0 Å². The lowest BCUT2D eigenvalue weighted by atomic mass is 10.2. The fourth-order valence-electron chi connectivity index (χ4n) is 2.64. The zero-order valence-electron chi connectivity index (χ0n) is 12.1. The molecule has 1 saturated heterocycles. The fraction of sp³-hybridized carbons (Fsp3) is 0.286. The Bertz CT molecular complexity index is 825. The van der Waals surface area contributed by atoms with Crippen LogP contribution in [-0.2, 0) is 0 Å². The maximum Gasteiger partial charge on any atom is 0.284 e. The van der Waals surface area contributed by atoms with Crippen molar-refractivity contribution in [3.05, 3.63) is 41.4 Å². The molecule has 0 N–H and O–H groups in total. The first-order chi connectivity index (χ1) is 11.2. The van der Waals surface area contributed by atoms with Crippen LogP contribution in [0.4, 0.5) is 10.1 Å². The molecule has 1 aliphatic rings. The number of carbonyl (C=O) groups excluding carboxylic acids is 1. The molecule has 0 aliphatic carbocycles. The van der Waals surface area contributed by atoms with E-state index in [9.17, 15) is 9.18 Å². The Labute approximate surface area is 135 Å². The first-order valence-electron chi connectivity index (χ1n) is 7.18. The monoisotopic (exact) mass is 332 g/mol. The van der Waals surface area contributed by atoms with Crippen LogP contribution in [-0.4, -0.2) is 56.8 Å². The molecule has 4 rings (SSSR count). The Morgan fingerprint density at radius 3 is 2.70 bits per heavy atom. The number of carbonyl (C=O) groups is 1. The second-order valence-electron chi connectivity index (χ2n) is 5.20.